The van der Waals surface area contributed by atoms with Crippen LogP contribution in [0.3, 0.4) is 0 Å². The van der Waals surface area contributed by atoms with Gasteiger partial charge in [-0.05, 0) is 49.7 Å². The number of nitrogens with one attached hydrogen (secondary N) is 1. The SMILES string of the molecule is CCCNCC1(CCSC)CCCCC1. The summed E-state index contributed by atoms with van der Waals surface area (Å²) in [4.78, 5) is 0. The summed E-state index contributed by atoms with van der Waals surface area (Å²) in [5.74, 6) is 1.34. The van der Waals surface area contributed by atoms with E-state index in [4.69, 9.17) is 0 Å². The average molecular weight is 229 g/mol. The van der Waals surface area contributed by atoms with Gasteiger partial charge in [0.1, 0.15) is 0 Å². The highest BCUT2D eigenvalue weighted by Gasteiger charge is 2.30. The number of hydrogen-bond donors (Lipinski definition) is 1. The summed E-state index contributed by atoms with van der Waals surface area (Å²) in [5, 5.41) is 3.65. The standard InChI is InChI=1S/C13H27NS/c1-3-10-14-12-13(9-11-15-2)7-5-4-6-8-13/h14H,3-12H2,1-2H3. The van der Waals surface area contributed by atoms with Gasteiger partial charge in [-0.1, -0.05) is 26.2 Å². The zero-order valence-corrected chi connectivity index (χ0v) is 11.3. The minimum atomic E-state index is 0.649. The summed E-state index contributed by atoms with van der Waals surface area (Å²) in [5.41, 5.74) is 0.649. The zero-order valence-electron chi connectivity index (χ0n) is 10.5. The van der Waals surface area contributed by atoms with E-state index in [-0.39, 0.29) is 0 Å². The lowest BCUT2D eigenvalue weighted by Gasteiger charge is -2.37. The fourth-order valence-corrected chi connectivity index (χ4v) is 3.30. The van der Waals surface area contributed by atoms with E-state index in [9.17, 15) is 0 Å². The first-order chi connectivity index (χ1) is 7.33. The molecule has 0 aliphatic heterocycles. The molecule has 1 aliphatic carbocycles. The molecule has 0 radical (unpaired) electrons. The molecular weight excluding hydrogens is 202 g/mol. The van der Waals surface area contributed by atoms with Crippen molar-refractivity contribution < 1.29 is 0 Å². The number of rotatable bonds is 7. The van der Waals surface area contributed by atoms with Crippen LogP contribution in [0.4, 0.5) is 0 Å². The Hall–Kier alpha value is 0.310. The molecule has 1 rings (SSSR count). The molecule has 1 fully saturated rings. The fraction of sp³-hybridized carbons (Fsp3) is 1.00. The van der Waals surface area contributed by atoms with Gasteiger partial charge in [0.2, 0.25) is 0 Å². The Bertz CT molecular complexity index is 153. The lowest BCUT2D eigenvalue weighted by Crippen LogP contribution is -2.37. The summed E-state index contributed by atoms with van der Waals surface area (Å²) in [6, 6.07) is 0. The molecule has 90 valence electrons. The first-order valence-corrected chi connectivity index (χ1v) is 7.92. The quantitative estimate of drug-likeness (QED) is 0.668. The molecule has 0 spiro atoms. The maximum Gasteiger partial charge on any atom is 0.000810 e. The van der Waals surface area contributed by atoms with Gasteiger partial charge in [-0.2, -0.15) is 11.8 Å². The summed E-state index contributed by atoms with van der Waals surface area (Å²) in [6.07, 6.45) is 12.2. The maximum absolute atomic E-state index is 3.65. The Morgan fingerprint density at radius 3 is 2.53 bits per heavy atom. The molecule has 1 aliphatic rings. The van der Waals surface area contributed by atoms with Crippen LogP contribution < -0.4 is 5.32 Å². The molecule has 1 nitrogen and oxygen atoms in total. The van der Waals surface area contributed by atoms with Gasteiger partial charge in [0.25, 0.3) is 0 Å². The fourth-order valence-electron chi connectivity index (χ4n) is 2.67. The van der Waals surface area contributed by atoms with Crippen molar-refractivity contribution in [1.29, 1.82) is 0 Å². The van der Waals surface area contributed by atoms with E-state index in [0.717, 1.165) is 0 Å². The van der Waals surface area contributed by atoms with Crippen LogP contribution in [0.5, 0.6) is 0 Å². The van der Waals surface area contributed by atoms with Gasteiger partial charge in [-0.25, -0.2) is 0 Å². The lowest BCUT2D eigenvalue weighted by molar-refractivity contribution is 0.176. The van der Waals surface area contributed by atoms with Crippen molar-refractivity contribution in [2.45, 2.75) is 51.9 Å². The van der Waals surface area contributed by atoms with E-state index in [2.05, 4.69) is 18.5 Å². The van der Waals surface area contributed by atoms with Crippen LogP contribution in [-0.4, -0.2) is 25.1 Å². The van der Waals surface area contributed by atoms with Crippen molar-refractivity contribution in [2.75, 3.05) is 25.1 Å². The zero-order chi connectivity index (χ0) is 11.0. The van der Waals surface area contributed by atoms with Crippen LogP contribution in [0.25, 0.3) is 0 Å². The highest BCUT2D eigenvalue weighted by Crippen LogP contribution is 2.39. The molecule has 0 aromatic rings. The Morgan fingerprint density at radius 1 is 1.20 bits per heavy atom. The van der Waals surface area contributed by atoms with Crippen molar-refractivity contribution >= 4 is 11.8 Å². The van der Waals surface area contributed by atoms with Crippen molar-refractivity contribution in [1.82, 2.24) is 5.32 Å². The smallest absolute Gasteiger partial charge is 0.000810 e. The van der Waals surface area contributed by atoms with Crippen LogP contribution in [0.2, 0.25) is 0 Å². The molecule has 0 aromatic heterocycles. The van der Waals surface area contributed by atoms with Crippen molar-refractivity contribution in [3.8, 4) is 0 Å². The summed E-state index contributed by atoms with van der Waals surface area (Å²) < 4.78 is 0. The molecule has 0 amide bonds. The predicted molar refractivity (Wildman–Crippen MR) is 71.7 cm³/mol. The largest absolute Gasteiger partial charge is 0.316 e. The predicted octanol–water partition coefficient (Wildman–Crippen LogP) is 3.69. The molecule has 0 aromatic carbocycles. The second-order valence-corrected chi connectivity index (χ2v) is 5.97. The summed E-state index contributed by atoms with van der Waals surface area (Å²) in [7, 11) is 0. The third kappa shape index (κ3) is 4.78. The highest BCUT2D eigenvalue weighted by atomic mass is 32.2. The first-order valence-electron chi connectivity index (χ1n) is 6.53. The van der Waals surface area contributed by atoms with Crippen LogP contribution in [0, 0.1) is 5.41 Å². The van der Waals surface area contributed by atoms with Crippen molar-refractivity contribution in [2.24, 2.45) is 5.41 Å². The molecule has 0 unspecified atom stereocenters. The van der Waals surface area contributed by atoms with E-state index < -0.39 is 0 Å². The van der Waals surface area contributed by atoms with Gasteiger partial charge in [0.05, 0.1) is 0 Å². The first kappa shape index (κ1) is 13.4. The second-order valence-electron chi connectivity index (χ2n) is 4.98. The Kier molecular flexibility index (Phi) is 6.74. The molecule has 0 heterocycles. The summed E-state index contributed by atoms with van der Waals surface area (Å²) in [6.45, 7) is 4.71. The normalized spacial score (nSPS) is 20.4. The van der Waals surface area contributed by atoms with E-state index in [1.165, 1.54) is 63.8 Å². The van der Waals surface area contributed by atoms with E-state index in [0.29, 0.717) is 5.41 Å². The molecule has 2 heteroatoms. The van der Waals surface area contributed by atoms with Gasteiger partial charge in [0, 0.05) is 6.54 Å². The maximum atomic E-state index is 3.65. The molecule has 1 N–H and O–H groups in total. The second kappa shape index (κ2) is 7.56. The third-order valence-corrected chi connectivity index (χ3v) is 4.29. The third-order valence-electron chi connectivity index (χ3n) is 3.68. The van der Waals surface area contributed by atoms with Crippen LogP contribution >= 0.6 is 11.8 Å². The number of thioether (sulfide) groups is 1. The molecule has 0 saturated heterocycles. The van der Waals surface area contributed by atoms with Crippen molar-refractivity contribution in [3.05, 3.63) is 0 Å². The monoisotopic (exact) mass is 229 g/mol. The Balaban J connectivity index is 2.35. The van der Waals surface area contributed by atoms with E-state index in [1.54, 1.807) is 0 Å². The minimum absolute atomic E-state index is 0.649. The lowest BCUT2D eigenvalue weighted by atomic mass is 9.72. The van der Waals surface area contributed by atoms with Gasteiger partial charge in [-0.15, -0.1) is 0 Å². The van der Waals surface area contributed by atoms with E-state index in [1.807, 2.05) is 11.8 Å². The molecule has 0 atom stereocenters. The van der Waals surface area contributed by atoms with Crippen LogP contribution in [0.1, 0.15) is 51.9 Å². The van der Waals surface area contributed by atoms with Crippen LogP contribution in [-0.2, 0) is 0 Å². The van der Waals surface area contributed by atoms with Gasteiger partial charge in [-0.3, -0.25) is 0 Å². The van der Waals surface area contributed by atoms with E-state index >= 15 is 0 Å². The average Bonchev–Trinajstić information content (AvgIpc) is 2.28. The van der Waals surface area contributed by atoms with Gasteiger partial charge >= 0.3 is 0 Å². The Morgan fingerprint density at radius 2 is 1.93 bits per heavy atom. The number of hydrogen-bond acceptors (Lipinski definition) is 2. The molecule has 0 bridgehead atoms. The molecular formula is C13H27NS. The molecule has 15 heavy (non-hydrogen) atoms. The van der Waals surface area contributed by atoms with Crippen LogP contribution in [0.15, 0.2) is 0 Å². The topological polar surface area (TPSA) is 12.0 Å². The minimum Gasteiger partial charge on any atom is -0.316 e. The molecule has 1 saturated carbocycles. The van der Waals surface area contributed by atoms with Gasteiger partial charge < -0.3 is 5.32 Å². The van der Waals surface area contributed by atoms with Gasteiger partial charge in [0.15, 0.2) is 0 Å². The summed E-state index contributed by atoms with van der Waals surface area (Å²) >= 11 is 2.01. The Labute approximate surface area is 99.8 Å². The van der Waals surface area contributed by atoms with Crippen molar-refractivity contribution in [3.63, 3.8) is 0 Å². The highest BCUT2D eigenvalue weighted by molar-refractivity contribution is 7.98.